The maximum Gasteiger partial charge on any atom is 0.358 e. The molecule has 0 saturated carbocycles. The molecule has 1 heterocycles. The molecule has 24 heavy (non-hydrogen) atoms. The number of hydrogen-bond acceptors (Lipinski definition) is 8. The van der Waals surface area contributed by atoms with Crippen molar-refractivity contribution in [3.05, 3.63) is 27.7 Å². The normalized spacial score (nSPS) is 10.1. The number of pyridine rings is 1. The van der Waals surface area contributed by atoms with Crippen molar-refractivity contribution in [2.24, 2.45) is 0 Å². The summed E-state index contributed by atoms with van der Waals surface area (Å²) in [6.07, 6.45) is 0.449. The Morgan fingerprint density at radius 1 is 1.04 bits per heavy atom. The van der Waals surface area contributed by atoms with Gasteiger partial charge in [0.15, 0.2) is 17.7 Å². The summed E-state index contributed by atoms with van der Waals surface area (Å²) < 4.78 is 25.7. The number of aromatic nitrogens is 1. The van der Waals surface area contributed by atoms with E-state index < -0.39 is 23.7 Å². The Kier molecular flexibility index (Phi) is 8.79. The molecule has 1 rings (SSSR count). The predicted molar refractivity (Wildman–Crippen MR) is 87.7 cm³/mol. The van der Waals surface area contributed by atoms with Crippen LogP contribution in [-0.2, 0) is 25.5 Å². The van der Waals surface area contributed by atoms with Gasteiger partial charge in [-0.15, -0.1) is 0 Å². The van der Waals surface area contributed by atoms with Gasteiger partial charge in [-0.2, -0.15) is 0 Å². The fraction of sp³-hybridized carbons (Fsp3) is 0.500. The van der Waals surface area contributed by atoms with Crippen LogP contribution in [0.2, 0.25) is 0 Å². The fourth-order valence-electron chi connectivity index (χ4n) is 1.94. The third-order valence-corrected chi connectivity index (χ3v) is 3.10. The van der Waals surface area contributed by atoms with E-state index in [9.17, 15) is 14.4 Å². The molecule has 0 spiro atoms. The number of carbonyl (C=O) groups is 2. The number of esters is 2. The molecule has 9 nitrogen and oxygen atoms in total. The van der Waals surface area contributed by atoms with E-state index in [2.05, 4.69) is 9.47 Å². The maximum absolute atomic E-state index is 12.3. The molecule has 10 heteroatoms. The molecule has 0 aromatic carbocycles. The highest BCUT2D eigenvalue weighted by Gasteiger charge is 2.27. The zero-order valence-corrected chi connectivity index (χ0v) is 13.6. The van der Waals surface area contributed by atoms with E-state index in [1.807, 2.05) is 0 Å². The number of hydrogen-bond donors (Lipinski definition) is 0. The minimum Gasteiger partial charge on any atom is -0.491 e. The second-order valence-electron chi connectivity index (χ2n) is 4.29. The molecule has 0 bridgehead atoms. The first-order valence-electron chi connectivity index (χ1n) is 6.48. The molecule has 0 saturated heterocycles. The van der Waals surface area contributed by atoms with Crippen LogP contribution in [-0.4, -0.2) is 66.8 Å². The van der Waals surface area contributed by atoms with Crippen LogP contribution >= 0.6 is 0 Å². The van der Waals surface area contributed by atoms with Crippen LogP contribution in [0.25, 0.3) is 0 Å². The van der Waals surface area contributed by atoms with Gasteiger partial charge in [-0.05, 0) is 0 Å². The van der Waals surface area contributed by atoms with Gasteiger partial charge in [0.1, 0.15) is 5.56 Å². The van der Waals surface area contributed by atoms with Crippen LogP contribution in [0.5, 0.6) is 5.75 Å². The molecule has 0 radical (unpaired) electrons. The summed E-state index contributed by atoms with van der Waals surface area (Å²) in [5.74, 6) is -1.99. The lowest BCUT2D eigenvalue weighted by molar-refractivity contribution is -0.111. The van der Waals surface area contributed by atoms with Crippen molar-refractivity contribution in [1.82, 2.24) is 4.57 Å². The fourth-order valence-corrected chi connectivity index (χ4v) is 1.94. The zero-order valence-electron chi connectivity index (χ0n) is 13.6. The van der Waals surface area contributed by atoms with Crippen molar-refractivity contribution in [3.8, 4) is 5.75 Å². The predicted octanol–water partition coefficient (Wildman–Crippen LogP) is -1.13. The van der Waals surface area contributed by atoms with E-state index >= 15 is 0 Å². The minimum atomic E-state index is -0.857. The second-order valence-corrected chi connectivity index (χ2v) is 4.29. The quantitative estimate of drug-likeness (QED) is 0.348. The van der Waals surface area contributed by atoms with Gasteiger partial charge in [0, 0.05) is 20.4 Å². The summed E-state index contributed by atoms with van der Waals surface area (Å²) in [5.41, 5.74) is -1.22. The molecule has 0 aliphatic heterocycles. The summed E-state index contributed by atoms with van der Waals surface area (Å²) in [5, 5.41) is 0. The second kappa shape index (κ2) is 9.73. The van der Waals surface area contributed by atoms with Crippen molar-refractivity contribution in [2.75, 3.05) is 35.5 Å². The van der Waals surface area contributed by atoms with Crippen molar-refractivity contribution in [2.45, 2.75) is 12.8 Å². The molecule has 134 valence electrons. The van der Waals surface area contributed by atoms with E-state index in [-0.39, 0.29) is 32.0 Å². The highest BCUT2D eigenvalue weighted by atomic mass is 16.7. The Labute approximate surface area is 141 Å². The molecule has 1 aromatic heterocycles. The van der Waals surface area contributed by atoms with Gasteiger partial charge in [0.05, 0.1) is 36.3 Å². The maximum atomic E-state index is 12.3. The first-order chi connectivity index (χ1) is 10.9. The van der Waals surface area contributed by atoms with Crippen molar-refractivity contribution >= 4 is 20.4 Å². The lowest BCUT2D eigenvalue weighted by Crippen LogP contribution is -2.30. The van der Waals surface area contributed by atoms with Gasteiger partial charge in [0.25, 0.3) is 0 Å². The van der Waals surface area contributed by atoms with E-state index in [4.69, 9.17) is 14.2 Å². The molecule has 0 atom stereocenters. The molecular formula is C14H22BNO8. The largest absolute Gasteiger partial charge is 0.491 e. The molecule has 0 fully saturated rings. The molecule has 1 aromatic rings. The third-order valence-electron chi connectivity index (χ3n) is 3.10. The molecule has 0 unspecified atom stereocenters. The van der Waals surface area contributed by atoms with Crippen LogP contribution in [0.4, 0.5) is 0 Å². The lowest BCUT2D eigenvalue weighted by atomic mass is 10.2. The van der Waals surface area contributed by atoms with Gasteiger partial charge >= 0.3 is 11.9 Å². The number of methoxy groups -OCH3 is 5. The van der Waals surface area contributed by atoms with Crippen molar-refractivity contribution < 1.29 is 33.3 Å². The number of rotatable bonds is 7. The first kappa shape index (κ1) is 21.7. The molecule has 0 aliphatic carbocycles. The van der Waals surface area contributed by atoms with Gasteiger partial charge in [-0.25, -0.2) is 9.59 Å². The zero-order chi connectivity index (χ0) is 17.6. The number of ether oxygens (including phenoxy) is 5. The summed E-state index contributed by atoms with van der Waals surface area (Å²) in [4.78, 5) is 36.1. The molecule has 0 N–H and O–H groups in total. The minimum absolute atomic E-state index is 0. The smallest absolute Gasteiger partial charge is 0.358 e. The summed E-state index contributed by atoms with van der Waals surface area (Å²) in [6.45, 7) is 0.0120. The molecule has 0 aliphatic rings. The Morgan fingerprint density at radius 3 is 2.00 bits per heavy atom. The summed E-state index contributed by atoms with van der Waals surface area (Å²) in [7, 11) is 6.33. The van der Waals surface area contributed by atoms with E-state index in [0.717, 1.165) is 14.2 Å². The van der Waals surface area contributed by atoms with E-state index in [1.165, 1.54) is 32.1 Å². The monoisotopic (exact) mass is 343 g/mol. The van der Waals surface area contributed by atoms with Crippen molar-refractivity contribution in [1.29, 1.82) is 0 Å². The van der Waals surface area contributed by atoms with Crippen LogP contribution in [0.1, 0.15) is 20.8 Å². The Hall–Kier alpha value is -2.33. The summed E-state index contributed by atoms with van der Waals surface area (Å²) >= 11 is 0. The number of carbonyl (C=O) groups excluding carboxylic acids is 2. The van der Waals surface area contributed by atoms with E-state index in [0.29, 0.717) is 0 Å². The van der Waals surface area contributed by atoms with Gasteiger partial charge in [0.2, 0.25) is 5.43 Å². The highest BCUT2D eigenvalue weighted by Crippen LogP contribution is 2.18. The third kappa shape index (κ3) is 4.36. The van der Waals surface area contributed by atoms with Crippen LogP contribution in [0.15, 0.2) is 11.0 Å². The van der Waals surface area contributed by atoms with E-state index in [1.54, 1.807) is 0 Å². The summed E-state index contributed by atoms with van der Waals surface area (Å²) in [6, 6.07) is 0. The molecule has 0 amide bonds. The van der Waals surface area contributed by atoms with Gasteiger partial charge in [-0.1, -0.05) is 0 Å². The standard InChI is InChI=1S/C14H19NO8.BH3/c1-19-9(20-2)7-15-6-8(13(17)22-4)11(16)12(21-3)10(15)14(18)23-5;/h6,9H,7H2,1-5H3;1H3. The first-order valence-corrected chi connectivity index (χ1v) is 6.48. The average Bonchev–Trinajstić information content (AvgIpc) is 2.58. The lowest BCUT2D eigenvalue weighted by Gasteiger charge is -2.20. The van der Waals surface area contributed by atoms with Crippen LogP contribution in [0.3, 0.4) is 0 Å². The Morgan fingerprint density at radius 2 is 1.58 bits per heavy atom. The van der Waals surface area contributed by atoms with Crippen molar-refractivity contribution in [3.63, 3.8) is 0 Å². The van der Waals surface area contributed by atoms with Gasteiger partial charge in [-0.3, -0.25) is 4.79 Å². The van der Waals surface area contributed by atoms with Crippen LogP contribution in [0, 0.1) is 0 Å². The highest BCUT2D eigenvalue weighted by molar-refractivity contribution is 5.94. The average molecular weight is 343 g/mol. The van der Waals surface area contributed by atoms with Crippen LogP contribution < -0.4 is 10.2 Å². The number of nitrogens with zero attached hydrogens (tertiary/aromatic N) is 1. The Bertz CT molecular complexity index is 638. The topological polar surface area (TPSA) is 102 Å². The Balaban J connectivity index is 0.00000529. The van der Waals surface area contributed by atoms with Gasteiger partial charge < -0.3 is 28.3 Å². The molecular weight excluding hydrogens is 321 g/mol. The SMILES string of the molecule is B.COC(=O)c1cn(CC(OC)OC)c(C(=O)OC)c(OC)c1=O.